The Bertz CT molecular complexity index is 1430. The molecule has 1 fully saturated rings. The molecule has 4 aromatic rings. The molecule has 1 aliphatic rings. The molecule has 0 unspecified atom stereocenters. The van der Waals surface area contributed by atoms with Crippen LogP contribution < -0.4 is 14.2 Å². The average molecular weight is 546 g/mol. The molecule has 3 aromatic carbocycles. The molecular weight excluding hydrogens is 510 g/mol. The minimum absolute atomic E-state index is 0.0700. The van der Waals surface area contributed by atoms with Crippen molar-refractivity contribution in [3.8, 4) is 28.4 Å². The summed E-state index contributed by atoms with van der Waals surface area (Å²) in [6.07, 6.45) is 2.02. The Balaban J connectivity index is 1.19. The Labute approximate surface area is 230 Å². The quantitative estimate of drug-likeness (QED) is 0.260. The summed E-state index contributed by atoms with van der Waals surface area (Å²) in [5.74, 6) is 1.52. The standard InChI is InChI=1S/C30H35N5O3S/c1-38-27-14-12-24(13-15-27)29-28(32-30(33-29)25-10-6-3-7-11-25)16-19-31-39(36,37)34-26-17-20-35(21-18-26)22-23-8-4-2-5-9-23/h2-15,26,31,34H,16-22H2,1H3,(H,32,33). The van der Waals surface area contributed by atoms with Gasteiger partial charge in [-0.05, 0) is 42.7 Å². The first-order valence-corrected chi connectivity index (χ1v) is 14.8. The number of hydrogen-bond acceptors (Lipinski definition) is 5. The fraction of sp³-hybridized carbons (Fsp3) is 0.300. The molecule has 0 aliphatic carbocycles. The largest absolute Gasteiger partial charge is 0.497 e. The van der Waals surface area contributed by atoms with Crippen LogP contribution in [0.1, 0.15) is 24.1 Å². The number of aromatic nitrogens is 2. The van der Waals surface area contributed by atoms with Crippen molar-refractivity contribution in [2.24, 2.45) is 0 Å². The molecule has 5 rings (SSSR count). The Kier molecular flexibility index (Phi) is 8.73. The van der Waals surface area contributed by atoms with E-state index in [4.69, 9.17) is 9.72 Å². The number of likely N-dealkylation sites (tertiary alicyclic amines) is 1. The van der Waals surface area contributed by atoms with Gasteiger partial charge in [0, 0.05) is 49.8 Å². The van der Waals surface area contributed by atoms with Crippen LogP contribution in [0.5, 0.6) is 5.75 Å². The van der Waals surface area contributed by atoms with Crippen LogP contribution in [0, 0.1) is 0 Å². The third kappa shape index (κ3) is 7.33. The van der Waals surface area contributed by atoms with E-state index >= 15 is 0 Å². The lowest BCUT2D eigenvalue weighted by atomic mass is 10.1. The zero-order valence-electron chi connectivity index (χ0n) is 22.1. The Hall–Kier alpha value is -3.50. The van der Waals surface area contributed by atoms with Crippen molar-refractivity contribution in [2.45, 2.75) is 31.8 Å². The Morgan fingerprint density at radius 3 is 2.26 bits per heavy atom. The minimum Gasteiger partial charge on any atom is -0.497 e. The summed E-state index contributed by atoms with van der Waals surface area (Å²) in [7, 11) is -2.00. The summed E-state index contributed by atoms with van der Waals surface area (Å²) in [5, 5.41) is 0. The molecule has 8 nitrogen and oxygen atoms in total. The van der Waals surface area contributed by atoms with E-state index in [-0.39, 0.29) is 12.6 Å². The number of imidazole rings is 1. The summed E-state index contributed by atoms with van der Waals surface area (Å²) < 4.78 is 36.5. The Morgan fingerprint density at radius 1 is 0.923 bits per heavy atom. The first-order valence-electron chi connectivity index (χ1n) is 13.3. The number of hydrogen-bond donors (Lipinski definition) is 3. The summed E-state index contributed by atoms with van der Waals surface area (Å²) in [5.41, 5.74) is 4.88. The molecule has 204 valence electrons. The van der Waals surface area contributed by atoms with Crippen LogP contribution in [0.2, 0.25) is 0 Å². The molecular formula is C30H35N5O3S. The van der Waals surface area contributed by atoms with Crippen LogP contribution in [0.4, 0.5) is 0 Å². The van der Waals surface area contributed by atoms with Crippen molar-refractivity contribution < 1.29 is 13.2 Å². The second-order valence-corrected chi connectivity index (χ2v) is 11.3. The van der Waals surface area contributed by atoms with Gasteiger partial charge in [0.05, 0.1) is 18.5 Å². The molecule has 0 saturated carbocycles. The molecule has 2 heterocycles. The highest BCUT2D eigenvalue weighted by Gasteiger charge is 2.23. The van der Waals surface area contributed by atoms with E-state index in [0.29, 0.717) is 6.42 Å². The summed E-state index contributed by atoms with van der Waals surface area (Å²) >= 11 is 0. The number of nitrogens with zero attached hydrogens (tertiary/aromatic N) is 2. The molecule has 9 heteroatoms. The number of nitrogens with one attached hydrogen (secondary N) is 3. The lowest BCUT2D eigenvalue weighted by molar-refractivity contribution is 0.200. The number of ether oxygens (including phenoxy) is 1. The molecule has 1 saturated heterocycles. The SMILES string of the molecule is COc1ccc(-c2[nH]c(-c3ccccc3)nc2CCNS(=O)(=O)NC2CCN(Cc3ccccc3)CC2)cc1. The maximum atomic E-state index is 12.8. The van der Waals surface area contributed by atoms with Crippen LogP contribution in [-0.2, 0) is 23.2 Å². The van der Waals surface area contributed by atoms with Crippen LogP contribution in [-0.4, -0.2) is 56.1 Å². The lowest BCUT2D eigenvalue weighted by Gasteiger charge is -2.32. The summed E-state index contributed by atoms with van der Waals surface area (Å²) in [6, 6.07) is 27.9. The van der Waals surface area contributed by atoms with Crippen LogP contribution >= 0.6 is 0 Å². The van der Waals surface area contributed by atoms with Gasteiger partial charge in [-0.3, -0.25) is 4.90 Å². The molecule has 3 N–H and O–H groups in total. The van der Waals surface area contributed by atoms with Crippen molar-refractivity contribution >= 4 is 10.2 Å². The zero-order chi connectivity index (χ0) is 27.1. The van der Waals surface area contributed by atoms with Crippen molar-refractivity contribution in [3.63, 3.8) is 0 Å². The van der Waals surface area contributed by atoms with Gasteiger partial charge in [0.25, 0.3) is 10.2 Å². The third-order valence-electron chi connectivity index (χ3n) is 7.02. The second-order valence-electron chi connectivity index (χ2n) is 9.80. The summed E-state index contributed by atoms with van der Waals surface area (Å²) in [6.45, 7) is 2.86. The second kappa shape index (κ2) is 12.6. The van der Waals surface area contributed by atoms with Gasteiger partial charge in [-0.25, -0.2) is 9.71 Å². The van der Waals surface area contributed by atoms with Gasteiger partial charge in [-0.15, -0.1) is 0 Å². The lowest BCUT2D eigenvalue weighted by Crippen LogP contribution is -2.48. The number of rotatable bonds is 11. The molecule has 0 amide bonds. The zero-order valence-corrected chi connectivity index (χ0v) is 23.0. The molecule has 0 spiro atoms. The number of H-pyrrole nitrogens is 1. The van der Waals surface area contributed by atoms with Gasteiger partial charge < -0.3 is 9.72 Å². The molecule has 1 aliphatic heterocycles. The highest BCUT2D eigenvalue weighted by molar-refractivity contribution is 7.87. The number of benzene rings is 3. The van der Waals surface area contributed by atoms with Gasteiger partial charge in [0.1, 0.15) is 11.6 Å². The molecule has 0 radical (unpaired) electrons. The fourth-order valence-corrected chi connectivity index (χ4v) is 6.06. The maximum Gasteiger partial charge on any atom is 0.277 e. The third-order valence-corrected chi connectivity index (χ3v) is 8.24. The van der Waals surface area contributed by atoms with Gasteiger partial charge in [-0.2, -0.15) is 13.1 Å². The molecule has 0 bridgehead atoms. The maximum absolute atomic E-state index is 12.8. The Morgan fingerprint density at radius 2 is 1.59 bits per heavy atom. The monoisotopic (exact) mass is 545 g/mol. The van der Waals surface area contributed by atoms with Crippen molar-refractivity contribution in [3.05, 3.63) is 96.2 Å². The molecule has 39 heavy (non-hydrogen) atoms. The van der Waals surface area contributed by atoms with Gasteiger partial charge in [-0.1, -0.05) is 60.7 Å². The van der Waals surface area contributed by atoms with E-state index in [1.165, 1.54) is 5.56 Å². The smallest absolute Gasteiger partial charge is 0.277 e. The fourth-order valence-electron chi connectivity index (χ4n) is 4.93. The van der Waals surface area contributed by atoms with Gasteiger partial charge in [0.2, 0.25) is 0 Å². The van der Waals surface area contributed by atoms with E-state index in [1.807, 2.05) is 72.8 Å². The first kappa shape index (κ1) is 27.1. The van der Waals surface area contributed by atoms with Crippen molar-refractivity contribution in [1.82, 2.24) is 24.3 Å². The molecule has 1 aromatic heterocycles. The average Bonchev–Trinajstić information content (AvgIpc) is 3.39. The predicted molar refractivity (Wildman–Crippen MR) is 155 cm³/mol. The van der Waals surface area contributed by atoms with Crippen LogP contribution in [0.25, 0.3) is 22.6 Å². The van der Waals surface area contributed by atoms with Gasteiger partial charge >= 0.3 is 0 Å². The van der Waals surface area contributed by atoms with E-state index in [2.05, 4.69) is 31.5 Å². The number of piperidine rings is 1. The van der Waals surface area contributed by atoms with E-state index in [9.17, 15) is 8.42 Å². The highest BCUT2D eigenvalue weighted by atomic mass is 32.2. The van der Waals surface area contributed by atoms with Crippen LogP contribution in [0.15, 0.2) is 84.9 Å². The van der Waals surface area contributed by atoms with E-state index < -0.39 is 10.2 Å². The van der Waals surface area contributed by atoms with Crippen LogP contribution in [0.3, 0.4) is 0 Å². The molecule has 0 atom stereocenters. The van der Waals surface area contributed by atoms with Crippen molar-refractivity contribution in [2.75, 3.05) is 26.7 Å². The number of methoxy groups -OCH3 is 1. The van der Waals surface area contributed by atoms with E-state index in [0.717, 1.165) is 66.6 Å². The van der Waals surface area contributed by atoms with E-state index in [1.54, 1.807) is 7.11 Å². The first-order chi connectivity index (χ1) is 19.0. The predicted octanol–water partition coefficient (Wildman–Crippen LogP) is 4.38. The van der Waals surface area contributed by atoms with Gasteiger partial charge in [0.15, 0.2) is 0 Å². The minimum atomic E-state index is -3.63. The number of aromatic amines is 1. The van der Waals surface area contributed by atoms with Crippen molar-refractivity contribution in [1.29, 1.82) is 0 Å². The normalized spacial score (nSPS) is 14.9. The topological polar surface area (TPSA) is 99.3 Å². The highest BCUT2D eigenvalue weighted by Crippen LogP contribution is 2.28. The summed E-state index contributed by atoms with van der Waals surface area (Å²) in [4.78, 5) is 10.6.